The second-order valence-electron chi connectivity index (χ2n) is 4.35. The van der Waals surface area contributed by atoms with Gasteiger partial charge in [-0.05, 0) is 34.1 Å². The zero-order valence-electron chi connectivity index (χ0n) is 10.3. The van der Waals surface area contributed by atoms with E-state index in [1.807, 2.05) is 4.90 Å². The van der Waals surface area contributed by atoms with E-state index in [-0.39, 0.29) is 5.91 Å². The van der Waals surface area contributed by atoms with Gasteiger partial charge in [0.05, 0.1) is 18.2 Å². The van der Waals surface area contributed by atoms with Gasteiger partial charge in [-0.15, -0.1) is 0 Å². The maximum Gasteiger partial charge on any atom is 0.255 e. The zero-order valence-corrected chi connectivity index (χ0v) is 11.9. The average molecular weight is 326 g/mol. The highest BCUT2D eigenvalue weighted by molar-refractivity contribution is 9.10. The lowest BCUT2D eigenvalue weighted by molar-refractivity contribution is 0.0650. The lowest BCUT2D eigenvalue weighted by Gasteiger charge is -2.33. The summed E-state index contributed by atoms with van der Waals surface area (Å²) in [4.78, 5) is 16.0. The second kappa shape index (κ2) is 6.13. The molecule has 1 saturated heterocycles. The van der Waals surface area contributed by atoms with Crippen LogP contribution in [0.3, 0.4) is 0 Å². The molecule has 2 rings (SSSR count). The maximum absolute atomic E-state index is 13.2. The molecule has 100 valence electrons. The molecule has 0 saturated carbocycles. The fourth-order valence-electron chi connectivity index (χ4n) is 2.04. The normalized spacial score (nSPS) is 16.2. The van der Waals surface area contributed by atoms with Crippen LogP contribution in [0.15, 0.2) is 22.7 Å². The third-order valence-corrected chi connectivity index (χ3v) is 3.80. The first kappa shape index (κ1) is 14.0. The monoisotopic (exact) mass is 325 g/mol. The Balaban J connectivity index is 2.05. The van der Waals surface area contributed by atoms with Crippen LogP contribution in [0.4, 0.5) is 4.39 Å². The Morgan fingerprint density at radius 1 is 1.37 bits per heavy atom. The summed E-state index contributed by atoms with van der Waals surface area (Å²) in [7, 11) is 0. The Bertz CT molecular complexity index is 521. The molecule has 1 aliphatic heterocycles. The smallest absolute Gasteiger partial charge is 0.255 e. The van der Waals surface area contributed by atoms with Crippen molar-refractivity contribution in [2.75, 3.05) is 32.7 Å². The molecule has 0 unspecified atom stereocenters. The van der Waals surface area contributed by atoms with Crippen molar-refractivity contribution in [2.45, 2.75) is 0 Å². The molecule has 1 amide bonds. The summed E-state index contributed by atoms with van der Waals surface area (Å²) in [6.45, 7) is 2.84. The zero-order chi connectivity index (χ0) is 13.8. The third-order valence-electron chi connectivity index (χ3n) is 3.11. The predicted octanol–water partition coefficient (Wildman–Crippen LogP) is 1.87. The second-order valence-corrected chi connectivity index (χ2v) is 5.20. The first-order chi connectivity index (χ1) is 9.11. The number of carbonyl (C=O) groups is 1. The topological polar surface area (TPSA) is 47.3 Å². The number of hydrogen-bond acceptors (Lipinski definition) is 3. The van der Waals surface area contributed by atoms with Crippen molar-refractivity contribution < 1.29 is 9.18 Å². The Morgan fingerprint density at radius 3 is 2.68 bits per heavy atom. The fourth-order valence-corrected chi connectivity index (χ4v) is 2.46. The molecular weight excluding hydrogens is 313 g/mol. The maximum atomic E-state index is 13.2. The Morgan fingerprint density at radius 2 is 2.05 bits per heavy atom. The fraction of sp³-hybridized carbons (Fsp3) is 0.385. The van der Waals surface area contributed by atoms with Gasteiger partial charge in [0, 0.05) is 30.7 Å². The van der Waals surface area contributed by atoms with Crippen molar-refractivity contribution in [3.63, 3.8) is 0 Å². The van der Waals surface area contributed by atoms with Gasteiger partial charge in [0.2, 0.25) is 0 Å². The average Bonchev–Trinajstić information content (AvgIpc) is 2.42. The molecule has 0 atom stereocenters. The predicted molar refractivity (Wildman–Crippen MR) is 72.1 cm³/mol. The minimum Gasteiger partial charge on any atom is -0.336 e. The molecule has 0 aromatic heterocycles. The van der Waals surface area contributed by atoms with Crippen molar-refractivity contribution in [2.24, 2.45) is 0 Å². The minimum atomic E-state index is -0.422. The van der Waals surface area contributed by atoms with Crippen LogP contribution in [0.1, 0.15) is 10.4 Å². The van der Waals surface area contributed by atoms with Crippen LogP contribution in [-0.4, -0.2) is 48.4 Å². The molecule has 4 nitrogen and oxygen atoms in total. The van der Waals surface area contributed by atoms with Gasteiger partial charge >= 0.3 is 0 Å². The van der Waals surface area contributed by atoms with Crippen molar-refractivity contribution in [1.29, 1.82) is 5.26 Å². The molecule has 1 aliphatic rings. The first-order valence-electron chi connectivity index (χ1n) is 5.95. The van der Waals surface area contributed by atoms with Crippen molar-refractivity contribution in [1.82, 2.24) is 9.80 Å². The van der Waals surface area contributed by atoms with E-state index in [0.29, 0.717) is 42.8 Å². The highest BCUT2D eigenvalue weighted by Gasteiger charge is 2.23. The minimum absolute atomic E-state index is 0.178. The number of hydrogen-bond donors (Lipinski definition) is 0. The highest BCUT2D eigenvalue weighted by Crippen LogP contribution is 2.20. The van der Waals surface area contributed by atoms with Crippen LogP contribution in [-0.2, 0) is 0 Å². The SMILES string of the molecule is N#CCN1CCN(C(=O)c2cc(F)ccc2Br)CC1. The van der Waals surface area contributed by atoms with E-state index in [2.05, 4.69) is 22.0 Å². The largest absolute Gasteiger partial charge is 0.336 e. The van der Waals surface area contributed by atoms with E-state index < -0.39 is 5.82 Å². The van der Waals surface area contributed by atoms with Crippen molar-refractivity contribution >= 4 is 21.8 Å². The Hall–Kier alpha value is -1.45. The van der Waals surface area contributed by atoms with E-state index in [9.17, 15) is 9.18 Å². The quantitative estimate of drug-likeness (QED) is 0.780. The number of piperazine rings is 1. The summed E-state index contributed by atoms with van der Waals surface area (Å²) < 4.78 is 13.8. The van der Waals surface area contributed by atoms with E-state index in [1.165, 1.54) is 18.2 Å². The van der Waals surface area contributed by atoms with Gasteiger partial charge in [-0.3, -0.25) is 9.69 Å². The van der Waals surface area contributed by atoms with E-state index in [0.717, 1.165) is 0 Å². The van der Waals surface area contributed by atoms with Gasteiger partial charge in [0.25, 0.3) is 5.91 Å². The lowest BCUT2D eigenvalue weighted by Crippen LogP contribution is -2.48. The molecule has 1 fully saturated rings. The molecule has 0 radical (unpaired) electrons. The molecular formula is C13H13BrFN3O. The molecule has 1 aromatic carbocycles. The van der Waals surface area contributed by atoms with Crippen molar-refractivity contribution in [3.05, 3.63) is 34.1 Å². The highest BCUT2D eigenvalue weighted by atomic mass is 79.9. The number of carbonyl (C=O) groups excluding carboxylic acids is 1. The van der Waals surface area contributed by atoms with Crippen molar-refractivity contribution in [3.8, 4) is 6.07 Å². The number of rotatable bonds is 2. The molecule has 0 N–H and O–H groups in total. The number of nitriles is 1. The number of benzene rings is 1. The summed E-state index contributed by atoms with van der Waals surface area (Å²) in [5, 5.41) is 8.62. The summed E-state index contributed by atoms with van der Waals surface area (Å²) in [5.41, 5.74) is 0.341. The summed E-state index contributed by atoms with van der Waals surface area (Å²) in [5.74, 6) is -0.599. The number of amides is 1. The van der Waals surface area contributed by atoms with Crippen LogP contribution in [0.2, 0.25) is 0 Å². The Kier molecular flexibility index (Phi) is 4.51. The molecule has 0 spiro atoms. The van der Waals surface area contributed by atoms with Crippen LogP contribution in [0.25, 0.3) is 0 Å². The third kappa shape index (κ3) is 3.31. The van der Waals surface area contributed by atoms with Gasteiger partial charge < -0.3 is 4.90 Å². The number of nitrogens with zero attached hydrogens (tertiary/aromatic N) is 3. The Labute approximate surface area is 119 Å². The molecule has 1 heterocycles. The molecule has 0 bridgehead atoms. The van der Waals surface area contributed by atoms with Gasteiger partial charge in [-0.25, -0.2) is 4.39 Å². The van der Waals surface area contributed by atoms with Crippen LogP contribution in [0, 0.1) is 17.1 Å². The molecule has 1 aromatic rings. The van der Waals surface area contributed by atoms with E-state index in [4.69, 9.17) is 5.26 Å². The van der Waals surface area contributed by atoms with Gasteiger partial charge in [-0.2, -0.15) is 5.26 Å². The standard InChI is InChI=1S/C13H13BrFN3O/c14-12-2-1-10(15)9-11(12)13(19)18-7-5-17(4-3-16)6-8-18/h1-2,9H,4-8H2. The summed E-state index contributed by atoms with van der Waals surface area (Å²) in [6, 6.07) is 6.19. The van der Waals surface area contributed by atoms with Crippen LogP contribution < -0.4 is 0 Å². The van der Waals surface area contributed by atoms with Crippen LogP contribution >= 0.6 is 15.9 Å². The van der Waals surface area contributed by atoms with Gasteiger partial charge in [-0.1, -0.05) is 0 Å². The summed E-state index contributed by atoms with van der Waals surface area (Å²) in [6.07, 6.45) is 0. The van der Waals surface area contributed by atoms with E-state index >= 15 is 0 Å². The number of halogens is 2. The van der Waals surface area contributed by atoms with Gasteiger partial charge in [0.15, 0.2) is 0 Å². The lowest BCUT2D eigenvalue weighted by atomic mass is 10.1. The first-order valence-corrected chi connectivity index (χ1v) is 6.75. The molecule has 19 heavy (non-hydrogen) atoms. The summed E-state index contributed by atoms with van der Waals surface area (Å²) >= 11 is 3.27. The van der Waals surface area contributed by atoms with Crippen LogP contribution in [0.5, 0.6) is 0 Å². The molecule has 6 heteroatoms. The van der Waals surface area contributed by atoms with Gasteiger partial charge in [0.1, 0.15) is 5.82 Å². The van der Waals surface area contributed by atoms with E-state index in [1.54, 1.807) is 4.90 Å². The molecule has 0 aliphatic carbocycles.